The van der Waals surface area contributed by atoms with Gasteiger partial charge in [-0.1, -0.05) is 20.3 Å². The van der Waals surface area contributed by atoms with Gasteiger partial charge >= 0.3 is 0 Å². The summed E-state index contributed by atoms with van der Waals surface area (Å²) in [5, 5.41) is 0. The minimum absolute atomic E-state index is 0.642. The van der Waals surface area contributed by atoms with Crippen LogP contribution in [0.4, 0.5) is 0 Å². The van der Waals surface area contributed by atoms with Crippen molar-refractivity contribution in [2.24, 2.45) is 11.8 Å². The highest BCUT2D eigenvalue weighted by Gasteiger charge is 2.00. The van der Waals surface area contributed by atoms with Crippen LogP contribution in [0.25, 0.3) is 0 Å². The van der Waals surface area contributed by atoms with E-state index in [-0.39, 0.29) is 0 Å². The molecular formula is C9H19+. The van der Waals surface area contributed by atoms with Crippen LogP contribution in [0.3, 0.4) is 0 Å². The van der Waals surface area contributed by atoms with Crippen molar-refractivity contribution < 1.29 is 0 Å². The second-order valence-electron chi connectivity index (χ2n) is 3.43. The largest absolute Gasteiger partial charge is 0.0925 e. The van der Waals surface area contributed by atoms with Gasteiger partial charge in [0.05, 0.1) is 12.8 Å². The molecule has 0 radical (unpaired) electrons. The standard InChI is InChI=1S/C9H19/c1-8(2)6-5-7-9(3)4/h8-9H,1,5-7H2,2-4H3/q+1. The quantitative estimate of drug-likeness (QED) is 0.508. The van der Waals surface area contributed by atoms with Gasteiger partial charge in [-0.15, -0.1) is 0 Å². The second kappa shape index (κ2) is 4.72. The van der Waals surface area contributed by atoms with Gasteiger partial charge in [0, 0.05) is 0 Å². The zero-order valence-electron chi connectivity index (χ0n) is 6.98. The third-order valence-electron chi connectivity index (χ3n) is 1.48. The lowest BCUT2D eigenvalue weighted by molar-refractivity contribution is 0.500. The Labute approximate surface area is 59.7 Å². The smallest absolute Gasteiger partial charge is 0.0628 e. The average molecular weight is 127 g/mol. The fraction of sp³-hybridized carbons (Fsp3) is 0.889. The fourth-order valence-electron chi connectivity index (χ4n) is 0.875. The van der Waals surface area contributed by atoms with Gasteiger partial charge < -0.3 is 0 Å². The second-order valence-corrected chi connectivity index (χ2v) is 3.43. The zero-order valence-corrected chi connectivity index (χ0v) is 6.98. The summed E-state index contributed by atoms with van der Waals surface area (Å²) in [5.41, 5.74) is 0. The summed E-state index contributed by atoms with van der Waals surface area (Å²) in [4.78, 5) is 0. The molecule has 54 valence electrons. The van der Waals surface area contributed by atoms with Crippen LogP contribution in [0.1, 0.15) is 40.0 Å². The maximum atomic E-state index is 3.94. The summed E-state index contributed by atoms with van der Waals surface area (Å²) in [5.74, 6) is 1.51. The molecule has 0 amide bonds. The van der Waals surface area contributed by atoms with Crippen molar-refractivity contribution in [1.82, 2.24) is 0 Å². The van der Waals surface area contributed by atoms with Gasteiger partial charge in [0.25, 0.3) is 0 Å². The average Bonchev–Trinajstić information content (AvgIpc) is 1.63. The van der Waals surface area contributed by atoms with Crippen molar-refractivity contribution >= 4 is 0 Å². The monoisotopic (exact) mass is 127 g/mol. The molecule has 0 saturated heterocycles. The summed E-state index contributed by atoms with van der Waals surface area (Å²) >= 11 is 0. The maximum Gasteiger partial charge on any atom is 0.0925 e. The molecule has 0 fully saturated rings. The van der Waals surface area contributed by atoms with Crippen molar-refractivity contribution in [3.63, 3.8) is 0 Å². The molecule has 9 heavy (non-hydrogen) atoms. The predicted molar refractivity (Wildman–Crippen MR) is 43.2 cm³/mol. The van der Waals surface area contributed by atoms with E-state index in [9.17, 15) is 0 Å². The molecule has 1 unspecified atom stereocenters. The maximum absolute atomic E-state index is 3.94. The van der Waals surface area contributed by atoms with E-state index in [4.69, 9.17) is 0 Å². The molecule has 0 nitrogen and oxygen atoms in total. The molecule has 0 N–H and O–H groups in total. The first-order chi connectivity index (χ1) is 4.13. The Hall–Kier alpha value is -0.130. The number of rotatable bonds is 4. The van der Waals surface area contributed by atoms with Crippen molar-refractivity contribution in [2.75, 3.05) is 0 Å². The Morgan fingerprint density at radius 2 is 1.67 bits per heavy atom. The normalized spacial score (nSPS) is 14.2. The number of hydrogen-bond acceptors (Lipinski definition) is 0. The Morgan fingerprint density at radius 3 is 2.00 bits per heavy atom. The highest BCUT2D eigenvalue weighted by Crippen LogP contribution is 2.10. The molecule has 0 heterocycles. The van der Waals surface area contributed by atoms with E-state index in [1.807, 2.05) is 0 Å². The van der Waals surface area contributed by atoms with E-state index in [2.05, 4.69) is 27.7 Å². The lowest BCUT2D eigenvalue weighted by Crippen LogP contribution is -1.91. The van der Waals surface area contributed by atoms with Gasteiger partial charge in [0.2, 0.25) is 0 Å². The molecule has 0 aliphatic carbocycles. The molecule has 1 atom stereocenters. The summed E-state index contributed by atoms with van der Waals surface area (Å²) in [7, 11) is 0. The van der Waals surface area contributed by atoms with Crippen LogP contribution in [0.5, 0.6) is 0 Å². The molecule has 0 rings (SSSR count). The van der Waals surface area contributed by atoms with Gasteiger partial charge in [-0.3, -0.25) is 0 Å². The fourth-order valence-corrected chi connectivity index (χ4v) is 0.875. The first-order valence-electron chi connectivity index (χ1n) is 3.96. The van der Waals surface area contributed by atoms with Crippen LogP contribution in [-0.2, 0) is 0 Å². The molecule has 0 aliphatic heterocycles. The molecular weight excluding hydrogens is 108 g/mol. The Kier molecular flexibility index (Phi) is 4.65. The first kappa shape index (κ1) is 8.87. The van der Waals surface area contributed by atoms with Gasteiger partial charge in [0.15, 0.2) is 0 Å². The van der Waals surface area contributed by atoms with Crippen LogP contribution in [0.2, 0.25) is 0 Å². The van der Waals surface area contributed by atoms with E-state index in [1.54, 1.807) is 0 Å². The summed E-state index contributed by atoms with van der Waals surface area (Å²) in [6.07, 6.45) is 4.00. The summed E-state index contributed by atoms with van der Waals surface area (Å²) in [6.45, 7) is 10.7. The van der Waals surface area contributed by atoms with Gasteiger partial charge in [-0.2, -0.15) is 0 Å². The zero-order chi connectivity index (χ0) is 7.28. The van der Waals surface area contributed by atoms with Crippen LogP contribution in [-0.4, -0.2) is 0 Å². The van der Waals surface area contributed by atoms with Crippen LogP contribution < -0.4 is 0 Å². The Balaban J connectivity index is 2.91. The molecule has 0 spiro atoms. The molecule has 0 aromatic rings. The Morgan fingerprint density at radius 1 is 1.11 bits per heavy atom. The van der Waals surface area contributed by atoms with E-state index in [0.717, 1.165) is 5.92 Å². The minimum atomic E-state index is 0.642. The van der Waals surface area contributed by atoms with Crippen molar-refractivity contribution in [3.05, 3.63) is 6.92 Å². The molecule has 0 aromatic heterocycles. The van der Waals surface area contributed by atoms with Gasteiger partial charge in [-0.25, -0.2) is 0 Å². The molecule has 0 bridgehead atoms. The molecule has 0 saturated carbocycles. The van der Waals surface area contributed by atoms with E-state index in [0.29, 0.717) is 5.92 Å². The highest BCUT2D eigenvalue weighted by molar-refractivity contribution is 4.55. The summed E-state index contributed by atoms with van der Waals surface area (Å²) in [6, 6.07) is 0. The van der Waals surface area contributed by atoms with E-state index >= 15 is 0 Å². The topological polar surface area (TPSA) is 0 Å². The van der Waals surface area contributed by atoms with Crippen molar-refractivity contribution in [2.45, 2.75) is 40.0 Å². The third kappa shape index (κ3) is 7.87. The van der Waals surface area contributed by atoms with Gasteiger partial charge in [-0.05, 0) is 25.7 Å². The predicted octanol–water partition coefficient (Wildman–Crippen LogP) is 3.28. The van der Waals surface area contributed by atoms with E-state index in [1.165, 1.54) is 19.3 Å². The number of hydrogen-bond donors (Lipinski definition) is 0. The lowest BCUT2D eigenvalue weighted by atomic mass is 10.0. The van der Waals surface area contributed by atoms with Gasteiger partial charge in [0.1, 0.15) is 0 Å². The third-order valence-corrected chi connectivity index (χ3v) is 1.48. The highest BCUT2D eigenvalue weighted by atomic mass is 14.0. The SMILES string of the molecule is [CH2+]C(C)CCCC(C)C. The van der Waals surface area contributed by atoms with Crippen LogP contribution in [0.15, 0.2) is 0 Å². The van der Waals surface area contributed by atoms with E-state index < -0.39 is 0 Å². The van der Waals surface area contributed by atoms with Crippen molar-refractivity contribution in [3.8, 4) is 0 Å². The van der Waals surface area contributed by atoms with Crippen LogP contribution in [0, 0.1) is 18.8 Å². The Bertz CT molecular complexity index is 45.1. The minimum Gasteiger partial charge on any atom is -0.0628 e. The summed E-state index contributed by atoms with van der Waals surface area (Å²) < 4.78 is 0. The van der Waals surface area contributed by atoms with Crippen molar-refractivity contribution in [1.29, 1.82) is 0 Å². The first-order valence-corrected chi connectivity index (χ1v) is 3.96. The molecule has 0 heteroatoms. The van der Waals surface area contributed by atoms with Crippen LogP contribution >= 0.6 is 0 Å². The molecule has 0 aliphatic rings. The lowest BCUT2D eigenvalue weighted by Gasteiger charge is -2.02. The molecule has 0 aromatic carbocycles.